The second-order valence-corrected chi connectivity index (χ2v) is 8.73. The Morgan fingerprint density at radius 2 is 2.06 bits per heavy atom. The van der Waals surface area contributed by atoms with E-state index in [2.05, 4.69) is 20.4 Å². The van der Waals surface area contributed by atoms with Gasteiger partial charge in [-0.3, -0.25) is 14.2 Å². The van der Waals surface area contributed by atoms with Crippen molar-refractivity contribution < 1.29 is 23.8 Å². The molecule has 0 atom stereocenters. The summed E-state index contributed by atoms with van der Waals surface area (Å²) in [4.78, 5) is 34.8. The van der Waals surface area contributed by atoms with E-state index >= 15 is 0 Å². The van der Waals surface area contributed by atoms with Crippen LogP contribution in [-0.2, 0) is 35.0 Å². The summed E-state index contributed by atoms with van der Waals surface area (Å²) < 4.78 is 28.1. The number of amides is 1. The Kier molecular flexibility index (Phi) is 6.07. The number of halogens is 1. The Morgan fingerprint density at radius 3 is 2.80 bits per heavy atom. The van der Waals surface area contributed by atoms with Crippen molar-refractivity contribution in [2.24, 2.45) is 7.05 Å². The van der Waals surface area contributed by atoms with Gasteiger partial charge in [0.15, 0.2) is 11.5 Å². The molecule has 1 spiro atoms. The number of carbonyl (C=O) groups excluding carboxylic acids is 1. The first-order valence-electron chi connectivity index (χ1n) is 11.3. The molecule has 2 aliphatic rings. The molecule has 2 aliphatic heterocycles. The van der Waals surface area contributed by atoms with E-state index in [1.807, 2.05) is 0 Å². The van der Waals surface area contributed by atoms with E-state index in [-0.39, 0.29) is 18.8 Å². The zero-order chi connectivity index (χ0) is 24.6. The number of hydrogen-bond acceptors (Lipinski definition) is 8. The Labute approximate surface area is 199 Å². The third-order valence-corrected chi connectivity index (χ3v) is 6.59. The summed E-state index contributed by atoms with van der Waals surface area (Å²) in [6.07, 6.45) is 2.52. The summed E-state index contributed by atoms with van der Waals surface area (Å²) in [5.74, 6) is -1.04. The second-order valence-electron chi connectivity index (χ2n) is 8.73. The Bertz CT molecular complexity index is 1330. The van der Waals surface area contributed by atoms with Gasteiger partial charge in [-0.15, -0.1) is 0 Å². The molecule has 2 aromatic heterocycles. The minimum atomic E-state index is -0.719. The van der Waals surface area contributed by atoms with Gasteiger partial charge in [0.25, 0.3) is 11.5 Å². The van der Waals surface area contributed by atoms with Crippen LogP contribution < -0.4 is 10.9 Å². The first-order valence-corrected chi connectivity index (χ1v) is 11.3. The first-order chi connectivity index (χ1) is 16.9. The summed E-state index contributed by atoms with van der Waals surface area (Å²) in [6, 6.07) is 4.12. The van der Waals surface area contributed by atoms with E-state index in [4.69, 9.17) is 9.47 Å². The van der Waals surface area contributed by atoms with Crippen molar-refractivity contribution in [3.63, 3.8) is 0 Å². The van der Waals surface area contributed by atoms with Crippen molar-refractivity contribution in [3.8, 4) is 17.1 Å². The third kappa shape index (κ3) is 4.19. The number of hydrogen-bond donors (Lipinski definition) is 2. The SMILES string of the molecule is Cn1ncnc1-c1cc(F)ccc1CNC(=O)c1nc2n(c(=O)c1O)CCOCC21CCOCC1. The van der Waals surface area contributed by atoms with Gasteiger partial charge in [0.2, 0.25) is 5.75 Å². The van der Waals surface area contributed by atoms with Crippen LogP contribution in [0.5, 0.6) is 5.75 Å². The molecule has 0 saturated carbocycles. The van der Waals surface area contributed by atoms with Gasteiger partial charge < -0.3 is 19.9 Å². The van der Waals surface area contributed by atoms with E-state index in [1.165, 1.54) is 33.8 Å². The van der Waals surface area contributed by atoms with Gasteiger partial charge in [0.05, 0.1) is 25.2 Å². The van der Waals surface area contributed by atoms with Gasteiger partial charge in [0.1, 0.15) is 18.0 Å². The minimum absolute atomic E-state index is 0.0110. The van der Waals surface area contributed by atoms with Crippen molar-refractivity contribution in [2.45, 2.75) is 31.3 Å². The highest BCUT2D eigenvalue weighted by atomic mass is 19.1. The number of benzene rings is 1. The number of aryl methyl sites for hydroxylation is 1. The number of nitrogens with zero attached hydrogens (tertiary/aromatic N) is 5. The fourth-order valence-electron chi connectivity index (χ4n) is 4.64. The van der Waals surface area contributed by atoms with E-state index in [9.17, 15) is 19.1 Å². The molecular formula is C23H25FN6O5. The van der Waals surface area contributed by atoms with Gasteiger partial charge in [-0.05, 0) is 30.5 Å². The van der Waals surface area contributed by atoms with Crippen LogP contribution in [0.3, 0.4) is 0 Å². The fraction of sp³-hybridized carbons (Fsp3) is 0.435. The molecule has 11 nitrogen and oxygen atoms in total. The molecule has 1 saturated heterocycles. The summed E-state index contributed by atoms with van der Waals surface area (Å²) in [5.41, 5.74) is -0.570. The maximum Gasteiger partial charge on any atom is 0.296 e. The lowest BCUT2D eigenvalue weighted by atomic mass is 9.80. The van der Waals surface area contributed by atoms with Crippen LogP contribution in [0, 0.1) is 5.82 Å². The standard InChI is InChI=1S/C23H25FN6O5/c1-29-19(26-13-27-29)16-10-15(24)3-2-14(16)11-25-20(32)17-18(31)21(33)30-6-9-35-12-23(22(30)28-17)4-7-34-8-5-23/h2-3,10,13,31H,4-9,11-12H2,1H3,(H,25,32). The number of nitrogens with one attached hydrogen (secondary N) is 1. The zero-order valence-corrected chi connectivity index (χ0v) is 19.2. The molecule has 5 rings (SSSR count). The molecule has 0 radical (unpaired) electrons. The van der Waals surface area contributed by atoms with E-state index < -0.39 is 28.4 Å². The highest BCUT2D eigenvalue weighted by molar-refractivity contribution is 5.94. The molecule has 4 heterocycles. The Balaban J connectivity index is 1.47. The van der Waals surface area contributed by atoms with Gasteiger partial charge in [-0.25, -0.2) is 19.0 Å². The third-order valence-electron chi connectivity index (χ3n) is 6.59. The smallest absolute Gasteiger partial charge is 0.296 e. The minimum Gasteiger partial charge on any atom is -0.501 e. The lowest BCUT2D eigenvalue weighted by molar-refractivity contribution is 0.00413. The van der Waals surface area contributed by atoms with Crippen LogP contribution in [0.2, 0.25) is 0 Å². The molecule has 12 heteroatoms. The van der Waals surface area contributed by atoms with Crippen LogP contribution in [0.25, 0.3) is 11.4 Å². The summed E-state index contributed by atoms with van der Waals surface area (Å²) in [5, 5.41) is 17.3. The molecule has 1 aromatic carbocycles. The molecule has 184 valence electrons. The quantitative estimate of drug-likeness (QED) is 0.558. The van der Waals surface area contributed by atoms with Crippen LogP contribution in [-0.4, -0.2) is 61.8 Å². The second kappa shape index (κ2) is 9.19. The largest absolute Gasteiger partial charge is 0.501 e. The zero-order valence-electron chi connectivity index (χ0n) is 19.2. The highest BCUT2D eigenvalue weighted by Gasteiger charge is 2.41. The first kappa shape index (κ1) is 23.1. The van der Waals surface area contributed by atoms with Gasteiger partial charge in [0, 0.05) is 32.4 Å². The predicted molar refractivity (Wildman–Crippen MR) is 120 cm³/mol. The Hall–Kier alpha value is -3.64. The number of carbonyl (C=O) groups is 1. The van der Waals surface area contributed by atoms with Crippen LogP contribution in [0.1, 0.15) is 34.7 Å². The number of rotatable bonds is 4. The number of aromatic nitrogens is 5. The van der Waals surface area contributed by atoms with Crippen molar-refractivity contribution in [1.82, 2.24) is 29.6 Å². The molecule has 0 bridgehead atoms. The van der Waals surface area contributed by atoms with Crippen molar-refractivity contribution in [3.05, 3.63) is 57.8 Å². The lowest BCUT2D eigenvalue weighted by Gasteiger charge is -2.35. The molecule has 1 amide bonds. The number of fused-ring (bicyclic) bond motifs is 2. The maximum atomic E-state index is 14.0. The van der Waals surface area contributed by atoms with Crippen LogP contribution in [0.15, 0.2) is 29.3 Å². The van der Waals surface area contributed by atoms with Crippen LogP contribution >= 0.6 is 0 Å². The summed E-state index contributed by atoms with van der Waals surface area (Å²) in [7, 11) is 1.68. The van der Waals surface area contributed by atoms with E-state index in [0.717, 1.165) is 0 Å². The lowest BCUT2D eigenvalue weighted by Crippen LogP contribution is -2.43. The summed E-state index contributed by atoms with van der Waals surface area (Å²) in [6.45, 7) is 1.84. The molecule has 2 N–H and O–H groups in total. The van der Waals surface area contributed by atoms with Crippen molar-refractivity contribution in [1.29, 1.82) is 0 Å². The van der Waals surface area contributed by atoms with Gasteiger partial charge in [-0.1, -0.05) is 6.07 Å². The fourth-order valence-corrected chi connectivity index (χ4v) is 4.64. The monoisotopic (exact) mass is 484 g/mol. The molecule has 3 aromatic rings. The molecule has 0 unspecified atom stereocenters. The average Bonchev–Trinajstić information content (AvgIpc) is 3.21. The highest BCUT2D eigenvalue weighted by Crippen LogP contribution is 2.35. The molecular weight excluding hydrogens is 459 g/mol. The average molecular weight is 484 g/mol. The number of ether oxygens (including phenoxy) is 2. The number of aromatic hydroxyl groups is 1. The van der Waals surface area contributed by atoms with Gasteiger partial charge in [-0.2, -0.15) is 5.10 Å². The maximum absolute atomic E-state index is 14.0. The molecule has 1 fully saturated rings. The van der Waals surface area contributed by atoms with Crippen LogP contribution in [0.4, 0.5) is 4.39 Å². The predicted octanol–water partition coefficient (Wildman–Crippen LogP) is 0.892. The normalized spacial score (nSPS) is 17.1. The molecule has 35 heavy (non-hydrogen) atoms. The van der Waals surface area contributed by atoms with Crippen molar-refractivity contribution in [2.75, 3.05) is 26.4 Å². The van der Waals surface area contributed by atoms with Gasteiger partial charge >= 0.3 is 0 Å². The topological polar surface area (TPSA) is 133 Å². The molecule has 0 aliphatic carbocycles. The van der Waals surface area contributed by atoms with Crippen molar-refractivity contribution >= 4 is 5.91 Å². The Morgan fingerprint density at radius 1 is 1.26 bits per heavy atom. The van der Waals surface area contributed by atoms with E-state index in [1.54, 1.807) is 7.05 Å². The summed E-state index contributed by atoms with van der Waals surface area (Å²) >= 11 is 0. The van der Waals surface area contributed by atoms with E-state index in [0.29, 0.717) is 62.0 Å².